The second-order valence-electron chi connectivity index (χ2n) is 6.54. The Labute approximate surface area is 136 Å². The highest BCUT2D eigenvalue weighted by Crippen LogP contribution is 2.23. The standard InChI is InChI=1S/C15H22N4O3S/c1-9(2)19-7-10(3)14(8-19)18-23(20,21)12-5-13-11(4)17-22-15(13)16-6-12/h5-6,9-10,14,18H,7-8H2,1-4H3. The summed E-state index contributed by atoms with van der Waals surface area (Å²) in [5, 5.41) is 4.43. The molecule has 1 N–H and O–H groups in total. The second-order valence-corrected chi connectivity index (χ2v) is 8.26. The van der Waals surface area contributed by atoms with E-state index in [4.69, 9.17) is 4.52 Å². The van der Waals surface area contributed by atoms with Gasteiger partial charge in [0.15, 0.2) is 0 Å². The van der Waals surface area contributed by atoms with Crippen molar-refractivity contribution in [3.63, 3.8) is 0 Å². The largest absolute Gasteiger partial charge is 0.336 e. The van der Waals surface area contributed by atoms with Gasteiger partial charge in [0.2, 0.25) is 10.0 Å². The van der Waals surface area contributed by atoms with E-state index in [-0.39, 0.29) is 16.9 Å². The minimum Gasteiger partial charge on any atom is -0.336 e. The molecule has 0 spiro atoms. The lowest BCUT2D eigenvalue weighted by Gasteiger charge is -2.20. The van der Waals surface area contributed by atoms with E-state index in [1.807, 2.05) is 0 Å². The summed E-state index contributed by atoms with van der Waals surface area (Å²) in [6.07, 6.45) is 1.31. The summed E-state index contributed by atoms with van der Waals surface area (Å²) in [6.45, 7) is 9.69. The minimum atomic E-state index is -3.62. The van der Waals surface area contributed by atoms with E-state index in [2.05, 4.69) is 40.5 Å². The van der Waals surface area contributed by atoms with Gasteiger partial charge in [0, 0.05) is 25.2 Å². The average Bonchev–Trinajstić information content (AvgIpc) is 3.03. The van der Waals surface area contributed by atoms with Gasteiger partial charge in [-0.3, -0.25) is 4.90 Å². The van der Waals surface area contributed by atoms with Gasteiger partial charge in [-0.2, -0.15) is 0 Å². The molecule has 2 atom stereocenters. The Balaban J connectivity index is 1.84. The van der Waals surface area contributed by atoms with Crippen LogP contribution in [0.4, 0.5) is 0 Å². The first-order valence-corrected chi connectivity index (χ1v) is 9.24. The van der Waals surface area contributed by atoms with Crippen LogP contribution in [-0.2, 0) is 10.0 Å². The second kappa shape index (κ2) is 5.85. The van der Waals surface area contributed by atoms with Gasteiger partial charge in [-0.1, -0.05) is 12.1 Å². The van der Waals surface area contributed by atoms with E-state index < -0.39 is 10.0 Å². The molecule has 1 aliphatic rings. The van der Waals surface area contributed by atoms with Crippen molar-refractivity contribution in [3.8, 4) is 0 Å². The molecule has 7 nitrogen and oxygen atoms in total. The highest BCUT2D eigenvalue weighted by Gasteiger charge is 2.34. The van der Waals surface area contributed by atoms with Crippen molar-refractivity contribution in [2.45, 2.75) is 44.7 Å². The fraction of sp³-hybridized carbons (Fsp3) is 0.600. The van der Waals surface area contributed by atoms with E-state index in [0.717, 1.165) is 13.1 Å². The van der Waals surface area contributed by atoms with Crippen molar-refractivity contribution in [1.29, 1.82) is 0 Å². The van der Waals surface area contributed by atoms with Crippen LogP contribution in [0.15, 0.2) is 21.7 Å². The number of sulfonamides is 1. The van der Waals surface area contributed by atoms with Crippen LogP contribution in [0.5, 0.6) is 0 Å². The van der Waals surface area contributed by atoms with Crippen LogP contribution in [0, 0.1) is 12.8 Å². The molecular formula is C15H22N4O3S. The highest BCUT2D eigenvalue weighted by atomic mass is 32.2. The van der Waals surface area contributed by atoms with Gasteiger partial charge >= 0.3 is 0 Å². The highest BCUT2D eigenvalue weighted by molar-refractivity contribution is 7.89. The van der Waals surface area contributed by atoms with Gasteiger partial charge in [0.1, 0.15) is 4.90 Å². The van der Waals surface area contributed by atoms with Crippen LogP contribution in [0.1, 0.15) is 26.5 Å². The van der Waals surface area contributed by atoms with Crippen molar-refractivity contribution in [1.82, 2.24) is 19.8 Å². The number of pyridine rings is 1. The Hall–Kier alpha value is -1.51. The number of nitrogens with zero attached hydrogens (tertiary/aromatic N) is 3. The number of rotatable bonds is 4. The number of hydrogen-bond donors (Lipinski definition) is 1. The summed E-state index contributed by atoms with van der Waals surface area (Å²) < 4.78 is 33.2. The van der Waals surface area contributed by atoms with E-state index in [9.17, 15) is 8.42 Å². The first-order valence-electron chi connectivity index (χ1n) is 7.76. The fourth-order valence-electron chi connectivity index (χ4n) is 2.92. The fourth-order valence-corrected chi connectivity index (χ4v) is 4.23. The Kier molecular flexibility index (Phi) is 4.16. The maximum absolute atomic E-state index is 12.7. The van der Waals surface area contributed by atoms with Crippen LogP contribution >= 0.6 is 0 Å². The molecule has 1 aliphatic heterocycles. The van der Waals surface area contributed by atoms with Crippen molar-refractivity contribution < 1.29 is 12.9 Å². The molecule has 3 rings (SSSR count). The molecule has 126 valence electrons. The smallest absolute Gasteiger partial charge is 0.257 e. The molecule has 23 heavy (non-hydrogen) atoms. The van der Waals surface area contributed by atoms with Crippen molar-refractivity contribution >= 4 is 21.1 Å². The molecule has 1 fully saturated rings. The lowest BCUT2D eigenvalue weighted by Crippen LogP contribution is -2.40. The van der Waals surface area contributed by atoms with Crippen LogP contribution in [0.3, 0.4) is 0 Å². The number of hydrogen-bond acceptors (Lipinski definition) is 6. The molecule has 0 amide bonds. The minimum absolute atomic E-state index is 0.0957. The lowest BCUT2D eigenvalue weighted by molar-refractivity contribution is 0.265. The molecule has 0 saturated carbocycles. The van der Waals surface area contributed by atoms with E-state index in [1.54, 1.807) is 13.0 Å². The van der Waals surface area contributed by atoms with Crippen molar-refractivity contribution in [2.75, 3.05) is 13.1 Å². The summed E-state index contributed by atoms with van der Waals surface area (Å²) in [5.74, 6) is 0.265. The van der Waals surface area contributed by atoms with Gasteiger partial charge in [-0.15, -0.1) is 0 Å². The molecule has 0 aromatic carbocycles. The number of aromatic nitrogens is 2. The predicted molar refractivity (Wildman–Crippen MR) is 86.5 cm³/mol. The number of likely N-dealkylation sites (tertiary alicyclic amines) is 1. The maximum atomic E-state index is 12.7. The Morgan fingerprint density at radius 3 is 2.78 bits per heavy atom. The topological polar surface area (TPSA) is 88.3 Å². The van der Waals surface area contributed by atoms with Gasteiger partial charge < -0.3 is 4.52 Å². The maximum Gasteiger partial charge on any atom is 0.257 e. The average molecular weight is 338 g/mol. The number of nitrogens with one attached hydrogen (secondary N) is 1. The zero-order chi connectivity index (χ0) is 16.8. The Bertz CT molecular complexity index is 815. The molecule has 0 aliphatic carbocycles. The molecule has 2 unspecified atom stereocenters. The zero-order valence-electron chi connectivity index (χ0n) is 13.8. The first kappa shape index (κ1) is 16.4. The summed E-state index contributed by atoms with van der Waals surface area (Å²) in [5.41, 5.74) is 0.978. The van der Waals surface area contributed by atoms with Gasteiger partial charge in [-0.05, 0) is 32.8 Å². The van der Waals surface area contributed by atoms with Gasteiger partial charge in [0.25, 0.3) is 5.71 Å². The molecule has 2 aromatic rings. The van der Waals surface area contributed by atoms with Crippen LogP contribution in [-0.4, -0.2) is 48.6 Å². The molecule has 8 heteroatoms. The molecule has 2 aromatic heterocycles. The Morgan fingerprint density at radius 1 is 1.39 bits per heavy atom. The van der Waals surface area contributed by atoms with E-state index in [1.165, 1.54) is 6.20 Å². The molecule has 3 heterocycles. The lowest BCUT2D eigenvalue weighted by atomic mass is 10.1. The third-order valence-electron chi connectivity index (χ3n) is 4.47. The molecule has 1 saturated heterocycles. The summed E-state index contributed by atoms with van der Waals surface area (Å²) >= 11 is 0. The number of fused-ring (bicyclic) bond motifs is 1. The quantitative estimate of drug-likeness (QED) is 0.910. The van der Waals surface area contributed by atoms with Gasteiger partial charge in [-0.25, -0.2) is 18.1 Å². The normalized spacial score (nSPS) is 23.2. The van der Waals surface area contributed by atoms with E-state index >= 15 is 0 Å². The molecular weight excluding hydrogens is 316 g/mol. The van der Waals surface area contributed by atoms with Crippen LogP contribution < -0.4 is 4.72 Å². The monoisotopic (exact) mass is 338 g/mol. The summed E-state index contributed by atoms with van der Waals surface area (Å²) in [4.78, 5) is 6.47. The van der Waals surface area contributed by atoms with Crippen molar-refractivity contribution in [2.24, 2.45) is 5.92 Å². The number of aryl methyl sites for hydroxylation is 1. The van der Waals surface area contributed by atoms with Crippen molar-refractivity contribution in [3.05, 3.63) is 18.0 Å². The Morgan fingerprint density at radius 2 is 2.13 bits per heavy atom. The predicted octanol–water partition coefficient (Wildman–Crippen LogP) is 1.54. The third-order valence-corrected chi connectivity index (χ3v) is 5.93. The zero-order valence-corrected chi connectivity index (χ0v) is 14.6. The van der Waals surface area contributed by atoms with Gasteiger partial charge in [0.05, 0.1) is 17.3 Å². The van der Waals surface area contributed by atoms with E-state index in [0.29, 0.717) is 22.8 Å². The van der Waals surface area contributed by atoms with Crippen LogP contribution in [0.2, 0.25) is 0 Å². The third kappa shape index (κ3) is 3.11. The molecule has 0 radical (unpaired) electrons. The first-order chi connectivity index (χ1) is 10.8. The molecule has 0 bridgehead atoms. The summed E-state index contributed by atoms with van der Waals surface area (Å²) in [7, 11) is -3.62. The van der Waals surface area contributed by atoms with Crippen LogP contribution in [0.25, 0.3) is 11.1 Å². The summed E-state index contributed by atoms with van der Waals surface area (Å²) in [6, 6.07) is 1.88. The SMILES string of the molecule is Cc1noc2ncc(S(=O)(=O)NC3CN(C(C)C)CC3C)cc12.